The first-order valence-corrected chi connectivity index (χ1v) is 4.93. The molecule has 4 heteroatoms. The van der Waals surface area contributed by atoms with Crippen molar-refractivity contribution in [3.05, 3.63) is 54.1 Å². The molecular formula is C12H15IN2O. The Morgan fingerprint density at radius 2 is 1.88 bits per heavy atom. The van der Waals surface area contributed by atoms with Gasteiger partial charge in [0.2, 0.25) is 6.33 Å². The molecule has 1 aromatic heterocycles. The fraction of sp³-hybridized carbons (Fsp3) is 0.250. The molecule has 0 radical (unpaired) electrons. The normalized spacial score (nSPS) is 11.9. The molecule has 1 atom stereocenters. The number of aryl methyl sites for hydroxylation is 2. The summed E-state index contributed by atoms with van der Waals surface area (Å²) < 4.78 is 3.86. The predicted octanol–water partition coefficient (Wildman–Crippen LogP) is -2.06. The molecule has 86 valence electrons. The second kappa shape index (κ2) is 5.45. The number of aliphatic hydroxyl groups excluding tert-OH is 1. The lowest BCUT2D eigenvalue weighted by atomic mass is 10.1. The maximum Gasteiger partial charge on any atom is 0.243 e. The van der Waals surface area contributed by atoms with Crippen molar-refractivity contribution < 1.29 is 33.7 Å². The quantitative estimate of drug-likeness (QED) is 0.498. The lowest BCUT2D eigenvalue weighted by Crippen LogP contribution is -3.00. The molecule has 1 unspecified atom stereocenters. The molecule has 1 heterocycles. The van der Waals surface area contributed by atoms with Gasteiger partial charge in [0, 0.05) is 0 Å². The Bertz CT molecular complexity index is 453. The van der Waals surface area contributed by atoms with Crippen molar-refractivity contribution in [2.75, 3.05) is 0 Å². The maximum absolute atomic E-state index is 10.2. The number of aliphatic hydroxyl groups is 1. The van der Waals surface area contributed by atoms with Crippen LogP contribution in [0.5, 0.6) is 0 Å². The Labute approximate surface area is 112 Å². The summed E-state index contributed by atoms with van der Waals surface area (Å²) >= 11 is 0. The van der Waals surface area contributed by atoms with Crippen LogP contribution in [-0.4, -0.2) is 9.67 Å². The minimum absolute atomic E-state index is 0. The summed E-state index contributed by atoms with van der Waals surface area (Å²) in [4.78, 5) is 0. The van der Waals surface area contributed by atoms with Crippen LogP contribution in [-0.2, 0) is 14.1 Å². The second-order valence-electron chi connectivity index (χ2n) is 3.76. The van der Waals surface area contributed by atoms with Gasteiger partial charge in [-0.05, 0) is 5.56 Å². The molecule has 0 aliphatic rings. The van der Waals surface area contributed by atoms with Crippen LogP contribution in [0, 0.1) is 0 Å². The van der Waals surface area contributed by atoms with E-state index >= 15 is 0 Å². The molecule has 3 nitrogen and oxygen atoms in total. The minimum Gasteiger partial charge on any atom is -1.00 e. The van der Waals surface area contributed by atoms with Crippen LogP contribution in [0.3, 0.4) is 0 Å². The zero-order valence-corrected chi connectivity index (χ0v) is 11.5. The Kier molecular flexibility index (Phi) is 4.49. The van der Waals surface area contributed by atoms with Crippen LogP contribution in [0.1, 0.15) is 17.4 Å². The molecule has 0 bridgehead atoms. The zero-order valence-electron chi connectivity index (χ0n) is 9.34. The number of rotatable bonds is 2. The van der Waals surface area contributed by atoms with Gasteiger partial charge in [0.05, 0.1) is 14.1 Å². The number of nitrogens with zero attached hydrogens (tertiary/aromatic N) is 2. The molecule has 0 spiro atoms. The molecular weight excluding hydrogens is 315 g/mol. The summed E-state index contributed by atoms with van der Waals surface area (Å²) in [6.07, 6.45) is 3.30. The van der Waals surface area contributed by atoms with Gasteiger partial charge in [-0.25, -0.2) is 9.13 Å². The third kappa shape index (κ3) is 2.62. The average molecular weight is 330 g/mol. The summed E-state index contributed by atoms with van der Waals surface area (Å²) in [5.74, 6) is 0. The first kappa shape index (κ1) is 13.2. The molecule has 0 amide bonds. The molecule has 2 rings (SSSR count). The van der Waals surface area contributed by atoms with E-state index < -0.39 is 6.10 Å². The highest BCUT2D eigenvalue weighted by Gasteiger charge is 2.19. The van der Waals surface area contributed by atoms with Crippen molar-refractivity contribution in [2.24, 2.45) is 14.1 Å². The summed E-state index contributed by atoms with van der Waals surface area (Å²) in [6.45, 7) is 0. The number of benzene rings is 1. The fourth-order valence-electron chi connectivity index (χ4n) is 1.74. The van der Waals surface area contributed by atoms with Gasteiger partial charge < -0.3 is 29.1 Å². The predicted molar refractivity (Wildman–Crippen MR) is 57.1 cm³/mol. The van der Waals surface area contributed by atoms with E-state index in [0.29, 0.717) is 0 Å². The summed E-state index contributed by atoms with van der Waals surface area (Å²) in [7, 11) is 3.88. The van der Waals surface area contributed by atoms with E-state index in [9.17, 15) is 5.11 Å². The summed E-state index contributed by atoms with van der Waals surface area (Å²) in [5, 5.41) is 10.2. The minimum atomic E-state index is -0.558. The number of hydrogen-bond donors (Lipinski definition) is 1. The molecule has 0 aliphatic carbocycles. The topological polar surface area (TPSA) is 29.0 Å². The largest absolute Gasteiger partial charge is 1.00 e. The van der Waals surface area contributed by atoms with E-state index in [-0.39, 0.29) is 24.0 Å². The molecule has 2 aromatic rings. The maximum atomic E-state index is 10.2. The van der Waals surface area contributed by atoms with Crippen LogP contribution in [0.25, 0.3) is 0 Å². The van der Waals surface area contributed by atoms with Crippen LogP contribution in [0.4, 0.5) is 0 Å². The van der Waals surface area contributed by atoms with Gasteiger partial charge in [-0.1, -0.05) is 30.3 Å². The monoisotopic (exact) mass is 330 g/mol. The van der Waals surface area contributed by atoms with Crippen LogP contribution in [0.15, 0.2) is 42.9 Å². The summed E-state index contributed by atoms with van der Waals surface area (Å²) in [5.41, 5.74) is 1.81. The van der Waals surface area contributed by atoms with Crippen molar-refractivity contribution in [3.8, 4) is 0 Å². The van der Waals surface area contributed by atoms with Crippen molar-refractivity contribution in [1.82, 2.24) is 4.57 Å². The zero-order chi connectivity index (χ0) is 10.8. The number of hydrogen-bond acceptors (Lipinski definition) is 1. The first-order valence-electron chi connectivity index (χ1n) is 4.93. The number of imidazole rings is 1. The Hall–Kier alpha value is -0.880. The van der Waals surface area contributed by atoms with Gasteiger partial charge in [0.15, 0.2) is 5.69 Å². The van der Waals surface area contributed by atoms with Crippen LogP contribution >= 0.6 is 0 Å². The SMILES string of the molecule is Cn1c[n+](C)cc1C(O)c1ccccc1.[I-]. The fourth-order valence-corrected chi connectivity index (χ4v) is 1.74. The van der Waals surface area contributed by atoms with Crippen LogP contribution < -0.4 is 28.5 Å². The summed E-state index contributed by atoms with van der Waals surface area (Å²) in [6, 6.07) is 9.67. The van der Waals surface area contributed by atoms with Crippen molar-refractivity contribution in [1.29, 1.82) is 0 Å². The molecule has 0 saturated carbocycles. The van der Waals surface area contributed by atoms with Gasteiger partial charge in [-0.3, -0.25) is 0 Å². The van der Waals surface area contributed by atoms with E-state index in [1.807, 2.05) is 66.1 Å². The molecule has 0 aliphatic heterocycles. The van der Waals surface area contributed by atoms with Gasteiger partial charge >= 0.3 is 0 Å². The Morgan fingerprint density at radius 1 is 1.25 bits per heavy atom. The highest BCUT2D eigenvalue weighted by atomic mass is 127. The second-order valence-corrected chi connectivity index (χ2v) is 3.76. The van der Waals surface area contributed by atoms with Crippen molar-refractivity contribution in [3.63, 3.8) is 0 Å². The van der Waals surface area contributed by atoms with Crippen molar-refractivity contribution >= 4 is 0 Å². The Morgan fingerprint density at radius 3 is 2.38 bits per heavy atom. The standard InChI is InChI=1S/C12H15N2O.HI/c1-13-8-11(14(2)9-13)12(15)10-6-4-3-5-7-10;/h3-9,12,15H,1-2H3;1H/q+1;/p-1. The van der Waals surface area contributed by atoms with Gasteiger partial charge in [0.25, 0.3) is 0 Å². The lowest BCUT2D eigenvalue weighted by Gasteiger charge is -2.06. The van der Waals surface area contributed by atoms with Gasteiger partial charge in [-0.2, -0.15) is 0 Å². The molecule has 1 aromatic carbocycles. The third-order valence-electron chi connectivity index (χ3n) is 2.49. The van der Waals surface area contributed by atoms with E-state index in [1.54, 1.807) is 0 Å². The third-order valence-corrected chi connectivity index (χ3v) is 2.49. The Balaban J connectivity index is 0.00000128. The number of aromatic nitrogens is 2. The van der Waals surface area contributed by atoms with Crippen molar-refractivity contribution in [2.45, 2.75) is 6.10 Å². The molecule has 0 saturated heterocycles. The highest BCUT2D eigenvalue weighted by Crippen LogP contribution is 2.19. The van der Waals surface area contributed by atoms with E-state index in [0.717, 1.165) is 11.3 Å². The van der Waals surface area contributed by atoms with E-state index in [2.05, 4.69) is 0 Å². The highest BCUT2D eigenvalue weighted by molar-refractivity contribution is 5.23. The molecule has 16 heavy (non-hydrogen) atoms. The first-order chi connectivity index (χ1) is 7.18. The van der Waals surface area contributed by atoms with Gasteiger partial charge in [-0.15, -0.1) is 0 Å². The van der Waals surface area contributed by atoms with E-state index in [4.69, 9.17) is 0 Å². The average Bonchev–Trinajstić information content (AvgIpc) is 2.58. The number of halogens is 1. The van der Waals surface area contributed by atoms with Crippen LogP contribution in [0.2, 0.25) is 0 Å². The smallest absolute Gasteiger partial charge is 0.243 e. The molecule has 0 fully saturated rings. The van der Waals surface area contributed by atoms with Gasteiger partial charge in [0.1, 0.15) is 12.3 Å². The molecule has 1 N–H and O–H groups in total. The van der Waals surface area contributed by atoms with E-state index in [1.165, 1.54) is 0 Å². The lowest BCUT2D eigenvalue weighted by molar-refractivity contribution is -0.671.